The Labute approximate surface area is 95.6 Å². The lowest BCUT2D eigenvalue weighted by Gasteiger charge is -1.94. The third kappa shape index (κ3) is 50.3. The number of ether oxygens (including phenoxy) is 1. The van der Waals surface area contributed by atoms with E-state index in [-0.39, 0.29) is 5.97 Å². The molecule has 0 aromatic heterocycles. The molecule has 0 rings (SSSR count). The van der Waals surface area contributed by atoms with Crippen molar-refractivity contribution in [2.75, 3.05) is 7.11 Å². The monoisotopic (exact) mass is 259 g/mol. The first-order chi connectivity index (χ1) is 7.31. The van der Waals surface area contributed by atoms with Gasteiger partial charge in [-0.2, -0.15) is 0 Å². The molecular formula is C8H20O7P+. The summed E-state index contributed by atoms with van der Waals surface area (Å²) < 4.78 is 13.0. The van der Waals surface area contributed by atoms with Crippen LogP contribution in [0.25, 0.3) is 0 Å². The molecule has 0 heterocycles. The minimum Gasteiger partial charge on any atom is -0.469 e. The van der Waals surface area contributed by atoms with Crippen molar-refractivity contribution in [1.29, 1.82) is 0 Å². The van der Waals surface area contributed by atoms with E-state index in [0.29, 0.717) is 12.8 Å². The van der Waals surface area contributed by atoms with Gasteiger partial charge < -0.3 is 14.9 Å². The van der Waals surface area contributed by atoms with E-state index in [2.05, 4.69) is 4.74 Å². The van der Waals surface area contributed by atoms with Gasteiger partial charge in [0.15, 0.2) is 6.29 Å². The third-order valence-corrected chi connectivity index (χ3v) is 1.06. The van der Waals surface area contributed by atoms with Gasteiger partial charge in [-0.3, -0.25) is 4.79 Å². The van der Waals surface area contributed by atoms with E-state index < -0.39 is 14.5 Å². The number of carbonyl (C=O) groups is 1. The Morgan fingerprint density at radius 2 is 1.69 bits per heavy atom. The van der Waals surface area contributed by atoms with E-state index in [0.717, 1.165) is 6.42 Å². The Bertz CT molecular complexity index is 162. The van der Waals surface area contributed by atoms with Crippen LogP contribution in [-0.2, 0) is 14.1 Å². The SMILES string of the molecule is CCC(=O)OC.CCCC(O)O.O=[P+](O)O. The number of aliphatic hydroxyl groups is 2. The van der Waals surface area contributed by atoms with Gasteiger partial charge in [-0.25, -0.2) is 0 Å². The van der Waals surface area contributed by atoms with Crippen molar-refractivity contribution in [1.82, 2.24) is 0 Å². The van der Waals surface area contributed by atoms with Crippen molar-refractivity contribution in [2.24, 2.45) is 0 Å². The largest absolute Gasteiger partial charge is 0.692 e. The molecular weight excluding hydrogens is 239 g/mol. The van der Waals surface area contributed by atoms with Crippen LogP contribution in [0, 0.1) is 0 Å². The van der Waals surface area contributed by atoms with Crippen LogP contribution in [0.1, 0.15) is 33.1 Å². The van der Waals surface area contributed by atoms with Crippen molar-refractivity contribution < 1.29 is 34.1 Å². The molecule has 0 unspecified atom stereocenters. The predicted octanol–water partition coefficient (Wildman–Crippen LogP) is 0.295. The van der Waals surface area contributed by atoms with Gasteiger partial charge in [0.25, 0.3) is 0 Å². The zero-order valence-electron chi connectivity index (χ0n) is 9.66. The Morgan fingerprint density at radius 1 is 1.31 bits per heavy atom. The number of rotatable bonds is 3. The molecule has 0 spiro atoms. The van der Waals surface area contributed by atoms with Crippen molar-refractivity contribution in [2.45, 2.75) is 39.4 Å². The first kappa shape index (κ1) is 20.8. The van der Waals surface area contributed by atoms with Gasteiger partial charge in [0.1, 0.15) is 0 Å². The molecule has 0 aromatic carbocycles. The predicted molar refractivity (Wildman–Crippen MR) is 57.5 cm³/mol. The Morgan fingerprint density at radius 3 is 1.69 bits per heavy atom. The Kier molecular flexibility index (Phi) is 21.8. The fourth-order valence-corrected chi connectivity index (χ4v) is 0.403. The summed E-state index contributed by atoms with van der Waals surface area (Å²) in [6.07, 6.45) is 0.684. The number of methoxy groups -OCH3 is 1. The molecule has 0 saturated carbocycles. The molecule has 0 atom stereocenters. The maximum atomic E-state index is 9.96. The maximum absolute atomic E-state index is 9.96. The highest BCUT2D eigenvalue weighted by molar-refractivity contribution is 7.30. The summed E-state index contributed by atoms with van der Waals surface area (Å²) >= 11 is 0. The van der Waals surface area contributed by atoms with E-state index in [9.17, 15) is 4.79 Å². The van der Waals surface area contributed by atoms with E-state index in [1.807, 2.05) is 6.92 Å². The zero-order chi connectivity index (χ0) is 13.6. The normalized spacial score (nSPS) is 8.25. The lowest BCUT2D eigenvalue weighted by atomic mass is 10.3. The number of esters is 1. The Hall–Kier alpha value is -0.590. The maximum Gasteiger partial charge on any atom is 0.692 e. The fourth-order valence-electron chi connectivity index (χ4n) is 0.403. The molecule has 98 valence electrons. The number of hydrogen-bond acceptors (Lipinski definition) is 5. The van der Waals surface area contributed by atoms with E-state index in [1.165, 1.54) is 7.11 Å². The lowest BCUT2D eigenvalue weighted by molar-refractivity contribution is -0.140. The summed E-state index contributed by atoms with van der Waals surface area (Å²) in [5.74, 6) is -0.157. The molecule has 0 radical (unpaired) electrons. The van der Waals surface area contributed by atoms with E-state index in [1.54, 1.807) is 6.92 Å². The second kappa shape index (κ2) is 16.8. The van der Waals surface area contributed by atoms with Gasteiger partial charge in [-0.1, -0.05) is 20.3 Å². The quantitative estimate of drug-likeness (QED) is 0.326. The minimum absolute atomic E-state index is 0.157. The average Bonchev–Trinajstić information content (AvgIpc) is 2.16. The lowest BCUT2D eigenvalue weighted by Crippen LogP contribution is -2.01. The van der Waals surface area contributed by atoms with Crippen molar-refractivity contribution in [3.63, 3.8) is 0 Å². The van der Waals surface area contributed by atoms with Crippen molar-refractivity contribution in [3.8, 4) is 0 Å². The molecule has 0 saturated heterocycles. The summed E-state index contributed by atoms with van der Waals surface area (Å²) in [5.41, 5.74) is 0. The van der Waals surface area contributed by atoms with Gasteiger partial charge in [-0.15, -0.1) is 9.79 Å². The summed E-state index contributed by atoms with van der Waals surface area (Å²) in [6.45, 7) is 3.66. The molecule has 0 aromatic rings. The second-order valence-corrected chi connectivity index (χ2v) is 2.96. The van der Waals surface area contributed by atoms with Crippen molar-refractivity contribution in [3.05, 3.63) is 0 Å². The van der Waals surface area contributed by atoms with Gasteiger partial charge >= 0.3 is 14.2 Å². The van der Waals surface area contributed by atoms with Crippen LogP contribution >= 0.6 is 8.25 Å². The highest BCUT2D eigenvalue weighted by atomic mass is 31.1. The molecule has 4 N–H and O–H groups in total. The molecule has 0 aliphatic rings. The first-order valence-electron chi connectivity index (χ1n) is 4.59. The van der Waals surface area contributed by atoms with Crippen LogP contribution in [0.5, 0.6) is 0 Å². The molecule has 0 aliphatic carbocycles. The van der Waals surface area contributed by atoms with Crippen molar-refractivity contribution >= 4 is 14.2 Å². The fraction of sp³-hybridized carbons (Fsp3) is 0.875. The van der Waals surface area contributed by atoms with Crippen LogP contribution in [-0.4, -0.2) is 39.4 Å². The Balaban J connectivity index is -0.000000162. The van der Waals surface area contributed by atoms with E-state index in [4.69, 9.17) is 24.6 Å². The topological polar surface area (TPSA) is 124 Å². The van der Waals surface area contributed by atoms with E-state index >= 15 is 0 Å². The van der Waals surface area contributed by atoms with Crippen LogP contribution in [0.4, 0.5) is 0 Å². The number of aliphatic hydroxyl groups excluding tert-OH is 1. The molecule has 0 aliphatic heterocycles. The summed E-state index contributed by atoms with van der Waals surface area (Å²) in [4.78, 5) is 24.2. The summed E-state index contributed by atoms with van der Waals surface area (Å²) in [5, 5.41) is 16.2. The summed E-state index contributed by atoms with van der Waals surface area (Å²) in [6, 6.07) is 0. The minimum atomic E-state index is -2.87. The van der Waals surface area contributed by atoms with Gasteiger partial charge in [0.2, 0.25) is 0 Å². The highest BCUT2D eigenvalue weighted by Crippen LogP contribution is 1.98. The zero-order valence-corrected chi connectivity index (χ0v) is 10.6. The smallest absolute Gasteiger partial charge is 0.469 e. The van der Waals surface area contributed by atoms with Crippen LogP contribution < -0.4 is 0 Å². The number of hydrogen-bond donors (Lipinski definition) is 4. The van der Waals surface area contributed by atoms with Gasteiger partial charge in [-0.05, 0) is 6.42 Å². The second-order valence-electron chi connectivity index (χ2n) is 2.45. The molecule has 16 heavy (non-hydrogen) atoms. The third-order valence-electron chi connectivity index (χ3n) is 1.06. The standard InChI is InChI=1S/C4H8O2.C4H10O2.HO3P/c1-3-4(5)6-2;1-2-3-4(5)6;1-4(2)3/h3H2,1-2H3;4-6H,2-3H2,1H3;(H-,1,2,3)/p+1. The molecule has 7 nitrogen and oxygen atoms in total. The highest BCUT2D eigenvalue weighted by Gasteiger charge is 1.93. The van der Waals surface area contributed by atoms with Crippen LogP contribution in [0.2, 0.25) is 0 Å². The molecule has 0 bridgehead atoms. The molecule has 8 heteroatoms. The molecule has 0 amide bonds. The first-order valence-corrected chi connectivity index (χ1v) is 5.76. The van der Waals surface area contributed by atoms with Crippen LogP contribution in [0.15, 0.2) is 0 Å². The number of carbonyl (C=O) groups excluding carboxylic acids is 1. The average molecular weight is 259 g/mol. The summed E-state index contributed by atoms with van der Waals surface area (Å²) in [7, 11) is -1.49. The van der Waals surface area contributed by atoms with Crippen LogP contribution in [0.3, 0.4) is 0 Å². The molecule has 0 fully saturated rings. The van der Waals surface area contributed by atoms with Gasteiger partial charge in [0, 0.05) is 11.0 Å². The van der Waals surface area contributed by atoms with Gasteiger partial charge in [0.05, 0.1) is 7.11 Å².